The first-order valence-corrected chi connectivity index (χ1v) is 5.80. The largest absolute Gasteiger partial charge is 0.462 e. The van der Waals surface area contributed by atoms with Crippen molar-refractivity contribution in [3.8, 4) is 0 Å². The van der Waals surface area contributed by atoms with Crippen LogP contribution in [0.1, 0.15) is 17.3 Å². The zero-order valence-electron chi connectivity index (χ0n) is 9.04. The molecule has 3 nitrogen and oxygen atoms in total. The standard InChI is InChI=1S/C12H9Cl2NO2/c1-2-17-12(16)10-6-15-11(14)9-5-7(13)3-4-8(9)10/h3-6H,2H2,1H3. The molecule has 0 bridgehead atoms. The molecule has 1 aromatic heterocycles. The second-order valence-electron chi connectivity index (χ2n) is 3.37. The maximum atomic E-state index is 11.7. The van der Waals surface area contributed by atoms with Crippen molar-refractivity contribution >= 4 is 39.9 Å². The Balaban J connectivity index is 2.66. The average Bonchev–Trinajstić information content (AvgIpc) is 2.30. The van der Waals surface area contributed by atoms with E-state index in [4.69, 9.17) is 27.9 Å². The third-order valence-electron chi connectivity index (χ3n) is 2.30. The molecule has 5 heteroatoms. The van der Waals surface area contributed by atoms with Gasteiger partial charge in [-0.15, -0.1) is 0 Å². The molecule has 1 heterocycles. The van der Waals surface area contributed by atoms with E-state index in [1.54, 1.807) is 25.1 Å². The summed E-state index contributed by atoms with van der Waals surface area (Å²) in [5.41, 5.74) is 0.392. The summed E-state index contributed by atoms with van der Waals surface area (Å²) in [6, 6.07) is 5.11. The molecule has 0 aliphatic carbocycles. The third-order valence-corrected chi connectivity index (χ3v) is 2.83. The van der Waals surface area contributed by atoms with Gasteiger partial charge in [-0.3, -0.25) is 0 Å². The lowest BCUT2D eigenvalue weighted by Gasteiger charge is -2.07. The molecule has 0 radical (unpaired) electrons. The van der Waals surface area contributed by atoms with Crippen LogP contribution in [0.4, 0.5) is 0 Å². The highest BCUT2D eigenvalue weighted by Crippen LogP contribution is 2.27. The Morgan fingerprint density at radius 1 is 1.35 bits per heavy atom. The van der Waals surface area contributed by atoms with Crippen LogP contribution >= 0.6 is 23.2 Å². The molecule has 0 unspecified atom stereocenters. The van der Waals surface area contributed by atoms with E-state index in [2.05, 4.69) is 4.98 Å². The quantitative estimate of drug-likeness (QED) is 0.616. The van der Waals surface area contributed by atoms with Crippen molar-refractivity contribution in [2.75, 3.05) is 6.61 Å². The molecule has 17 heavy (non-hydrogen) atoms. The lowest BCUT2D eigenvalue weighted by Crippen LogP contribution is -2.06. The Labute approximate surface area is 108 Å². The summed E-state index contributed by atoms with van der Waals surface area (Å²) in [5.74, 6) is -0.413. The Bertz CT molecular complexity index is 584. The molecule has 2 rings (SSSR count). The molecule has 2 aromatic rings. The molecule has 0 saturated heterocycles. The van der Waals surface area contributed by atoms with E-state index in [1.165, 1.54) is 6.20 Å². The van der Waals surface area contributed by atoms with Crippen LogP contribution in [0.5, 0.6) is 0 Å². The third kappa shape index (κ3) is 2.35. The molecule has 0 atom stereocenters. The highest BCUT2D eigenvalue weighted by atomic mass is 35.5. The molecular formula is C12H9Cl2NO2. The summed E-state index contributed by atoms with van der Waals surface area (Å²) in [6.07, 6.45) is 1.41. The van der Waals surface area contributed by atoms with Crippen molar-refractivity contribution in [1.82, 2.24) is 4.98 Å². The molecule has 0 aliphatic rings. The van der Waals surface area contributed by atoms with Crippen molar-refractivity contribution in [2.45, 2.75) is 6.92 Å². The normalized spacial score (nSPS) is 10.5. The molecule has 0 fully saturated rings. The molecule has 0 saturated carbocycles. The van der Waals surface area contributed by atoms with Crippen molar-refractivity contribution in [1.29, 1.82) is 0 Å². The van der Waals surface area contributed by atoms with E-state index in [9.17, 15) is 4.79 Å². The number of hydrogen-bond donors (Lipinski definition) is 0. The highest BCUT2D eigenvalue weighted by Gasteiger charge is 2.13. The van der Waals surface area contributed by atoms with Gasteiger partial charge >= 0.3 is 5.97 Å². The fourth-order valence-electron chi connectivity index (χ4n) is 1.55. The minimum absolute atomic E-state index is 0.315. The Morgan fingerprint density at radius 3 is 2.82 bits per heavy atom. The average molecular weight is 270 g/mol. The second-order valence-corrected chi connectivity index (χ2v) is 4.17. The van der Waals surface area contributed by atoms with Crippen LogP contribution in [0.15, 0.2) is 24.4 Å². The number of pyridine rings is 1. The van der Waals surface area contributed by atoms with Gasteiger partial charge in [0.15, 0.2) is 0 Å². The Hall–Kier alpha value is -1.32. The molecule has 0 N–H and O–H groups in total. The molecule has 0 spiro atoms. The fraction of sp³-hybridized carbons (Fsp3) is 0.167. The molecule has 0 aliphatic heterocycles. The monoisotopic (exact) mass is 269 g/mol. The molecule has 88 valence electrons. The van der Waals surface area contributed by atoms with Gasteiger partial charge in [0.1, 0.15) is 5.15 Å². The summed E-state index contributed by atoms with van der Waals surface area (Å²) in [6.45, 7) is 2.07. The van der Waals surface area contributed by atoms with Gasteiger partial charge in [-0.25, -0.2) is 9.78 Å². The second kappa shape index (κ2) is 4.90. The molecule has 0 amide bonds. The smallest absolute Gasteiger partial charge is 0.340 e. The van der Waals surface area contributed by atoms with Crippen LogP contribution in [0.25, 0.3) is 10.8 Å². The maximum Gasteiger partial charge on any atom is 0.340 e. The van der Waals surface area contributed by atoms with Crippen LogP contribution in [-0.2, 0) is 4.74 Å². The van der Waals surface area contributed by atoms with Crippen LogP contribution in [-0.4, -0.2) is 17.6 Å². The minimum atomic E-state index is -0.413. The summed E-state index contributed by atoms with van der Waals surface area (Å²) >= 11 is 11.8. The SMILES string of the molecule is CCOC(=O)c1cnc(Cl)c2cc(Cl)ccc12. The number of rotatable bonds is 2. The zero-order chi connectivity index (χ0) is 12.4. The number of benzene rings is 1. The van der Waals surface area contributed by atoms with E-state index >= 15 is 0 Å². The van der Waals surface area contributed by atoms with Crippen LogP contribution in [0, 0.1) is 0 Å². The van der Waals surface area contributed by atoms with Crippen molar-refractivity contribution in [3.63, 3.8) is 0 Å². The van der Waals surface area contributed by atoms with Gasteiger partial charge in [0.25, 0.3) is 0 Å². The first-order valence-electron chi connectivity index (χ1n) is 5.04. The van der Waals surface area contributed by atoms with Gasteiger partial charge < -0.3 is 4.74 Å². The zero-order valence-corrected chi connectivity index (χ0v) is 10.5. The van der Waals surface area contributed by atoms with Gasteiger partial charge in [-0.2, -0.15) is 0 Å². The number of nitrogens with zero attached hydrogens (tertiary/aromatic N) is 1. The number of carbonyl (C=O) groups excluding carboxylic acids is 1. The Morgan fingerprint density at radius 2 is 2.12 bits per heavy atom. The first kappa shape index (κ1) is 12.1. The summed E-state index contributed by atoms with van der Waals surface area (Å²) in [5, 5.41) is 2.19. The van der Waals surface area contributed by atoms with E-state index in [0.29, 0.717) is 33.1 Å². The number of carbonyl (C=O) groups is 1. The van der Waals surface area contributed by atoms with Crippen molar-refractivity contribution in [3.05, 3.63) is 40.1 Å². The van der Waals surface area contributed by atoms with Gasteiger partial charge in [0.2, 0.25) is 0 Å². The van der Waals surface area contributed by atoms with Crippen LogP contribution in [0.3, 0.4) is 0 Å². The molecule has 1 aromatic carbocycles. The lowest BCUT2D eigenvalue weighted by atomic mass is 10.1. The van der Waals surface area contributed by atoms with E-state index in [-0.39, 0.29) is 0 Å². The highest BCUT2D eigenvalue weighted by molar-refractivity contribution is 6.36. The van der Waals surface area contributed by atoms with Crippen molar-refractivity contribution in [2.24, 2.45) is 0 Å². The first-order chi connectivity index (χ1) is 8.13. The van der Waals surface area contributed by atoms with Crippen molar-refractivity contribution < 1.29 is 9.53 Å². The minimum Gasteiger partial charge on any atom is -0.462 e. The van der Waals surface area contributed by atoms with Crippen LogP contribution < -0.4 is 0 Å². The fourth-order valence-corrected chi connectivity index (χ4v) is 1.93. The molecular weight excluding hydrogens is 261 g/mol. The van der Waals surface area contributed by atoms with E-state index < -0.39 is 5.97 Å². The Kier molecular flexibility index (Phi) is 3.50. The summed E-state index contributed by atoms with van der Waals surface area (Å²) in [4.78, 5) is 15.7. The van der Waals surface area contributed by atoms with Gasteiger partial charge in [0, 0.05) is 22.0 Å². The number of halogens is 2. The number of esters is 1. The van der Waals surface area contributed by atoms with Gasteiger partial charge in [0.05, 0.1) is 12.2 Å². The van der Waals surface area contributed by atoms with Crippen LogP contribution in [0.2, 0.25) is 10.2 Å². The summed E-state index contributed by atoms with van der Waals surface area (Å²) < 4.78 is 4.95. The van der Waals surface area contributed by atoms with Gasteiger partial charge in [-0.05, 0) is 19.1 Å². The lowest BCUT2D eigenvalue weighted by molar-refractivity contribution is 0.0528. The predicted octanol–water partition coefficient (Wildman–Crippen LogP) is 3.72. The van der Waals surface area contributed by atoms with Gasteiger partial charge in [-0.1, -0.05) is 29.3 Å². The van der Waals surface area contributed by atoms with E-state index in [1.807, 2.05) is 0 Å². The number of ether oxygens (including phenoxy) is 1. The number of hydrogen-bond acceptors (Lipinski definition) is 3. The number of aromatic nitrogens is 1. The summed E-state index contributed by atoms with van der Waals surface area (Å²) in [7, 11) is 0. The maximum absolute atomic E-state index is 11.7. The topological polar surface area (TPSA) is 39.2 Å². The van der Waals surface area contributed by atoms with E-state index in [0.717, 1.165) is 0 Å². The predicted molar refractivity (Wildman–Crippen MR) is 67.7 cm³/mol. The number of fused-ring (bicyclic) bond motifs is 1.